The molecule has 0 fully saturated rings. The van der Waals surface area contributed by atoms with E-state index >= 15 is 0 Å². The van der Waals surface area contributed by atoms with Crippen LogP contribution in [0.2, 0.25) is 5.02 Å². The van der Waals surface area contributed by atoms with Crippen molar-refractivity contribution in [2.45, 2.75) is 24.3 Å². The lowest BCUT2D eigenvalue weighted by Gasteiger charge is -2.03. The first-order valence-corrected chi connectivity index (χ1v) is 8.61. The Bertz CT molecular complexity index is 722. The molecule has 0 aliphatic rings. The number of benzene rings is 1. The van der Waals surface area contributed by atoms with E-state index in [-0.39, 0.29) is 0 Å². The number of thiazole rings is 1. The SMILES string of the molecule is CCc1nc(CSc2nnnn2-c2ccc(Cl)cc2)cs1. The maximum Gasteiger partial charge on any atom is 0.214 e. The van der Waals surface area contributed by atoms with E-state index < -0.39 is 0 Å². The highest BCUT2D eigenvalue weighted by atomic mass is 35.5. The minimum absolute atomic E-state index is 0.690. The lowest BCUT2D eigenvalue weighted by Crippen LogP contribution is -1.98. The van der Waals surface area contributed by atoms with E-state index in [0.29, 0.717) is 5.02 Å². The standard InChI is InChI=1S/C13H12ClN5S2/c1-2-12-15-10(7-20-12)8-21-13-16-17-18-19(13)11-5-3-9(14)4-6-11/h3-7H,2,8H2,1H3. The van der Waals surface area contributed by atoms with Crippen molar-refractivity contribution in [3.63, 3.8) is 0 Å². The van der Waals surface area contributed by atoms with Crippen LogP contribution in [0.4, 0.5) is 0 Å². The third kappa shape index (κ3) is 3.42. The van der Waals surface area contributed by atoms with Gasteiger partial charge in [-0.05, 0) is 41.1 Å². The van der Waals surface area contributed by atoms with E-state index in [1.54, 1.807) is 27.8 Å². The fourth-order valence-corrected chi connectivity index (χ4v) is 3.49. The van der Waals surface area contributed by atoms with E-state index in [9.17, 15) is 0 Å². The fraction of sp³-hybridized carbons (Fsp3) is 0.231. The number of tetrazole rings is 1. The largest absolute Gasteiger partial charge is 0.245 e. The molecular formula is C13H12ClN5S2. The molecule has 108 valence electrons. The number of hydrogen-bond acceptors (Lipinski definition) is 6. The summed E-state index contributed by atoms with van der Waals surface area (Å²) in [5.41, 5.74) is 1.95. The summed E-state index contributed by atoms with van der Waals surface area (Å²) in [6.45, 7) is 2.11. The summed E-state index contributed by atoms with van der Waals surface area (Å²) < 4.78 is 1.70. The first kappa shape index (κ1) is 14.5. The van der Waals surface area contributed by atoms with Gasteiger partial charge in [0.1, 0.15) is 0 Å². The van der Waals surface area contributed by atoms with E-state index in [1.165, 1.54) is 0 Å². The summed E-state index contributed by atoms with van der Waals surface area (Å²) in [5.74, 6) is 0.754. The van der Waals surface area contributed by atoms with E-state index in [4.69, 9.17) is 11.6 Å². The average Bonchev–Trinajstić information content (AvgIpc) is 3.15. The average molecular weight is 338 g/mol. The third-order valence-electron chi connectivity index (χ3n) is 2.76. The van der Waals surface area contributed by atoms with Gasteiger partial charge in [-0.25, -0.2) is 4.98 Å². The maximum absolute atomic E-state index is 5.90. The van der Waals surface area contributed by atoms with Gasteiger partial charge in [0.15, 0.2) is 0 Å². The zero-order chi connectivity index (χ0) is 14.7. The van der Waals surface area contributed by atoms with Gasteiger partial charge in [0.05, 0.1) is 16.4 Å². The second-order valence-corrected chi connectivity index (χ2v) is 6.55. The third-order valence-corrected chi connectivity index (χ3v) is 5.01. The van der Waals surface area contributed by atoms with Crippen molar-refractivity contribution in [2.75, 3.05) is 0 Å². The molecule has 21 heavy (non-hydrogen) atoms. The molecule has 0 saturated carbocycles. The minimum atomic E-state index is 0.690. The molecule has 5 nitrogen and oxygen atoms in total. The Kier molecular flexibility index (Phi) is 4.52. The van der Waals surface area contributed by atoms with Crippen LogP contribution in [0.15, 0.2) is 34.8 Å². The number of halogens is 1. The van der Waals surface area contributed by atoms with Crippen molar-refractivity contribution in [1.82, 2.24) is 25.2 Å². The van der Waals surface area contributed by atoms with Gasteiger partial charge in [0.25, 0.3) is 0 Å². The van der Waals surface area contributed by atoms with Crippen molar-refractivity contribution in [2.24, 2.45) is 0 Å². The predicted molar refractivity (Wildman–Crippen MR) is 85.2 cm³/mol. The monoisotopic (exact) mass is 337 g/mol. The normalized spacial score (nSPS) is 11.0. The lowest BCUT2D eigenvalue weighted by atomic mass is 10.3. The number of nitrogens with zero attached hydrogens (tertiary/aromatic N) is 5. The molecule has 3 aromatic rings. The van der Waals surface area contributed by atoms with Crippen LogP contribution in [0.1, 0.15) is 17.6 Å². The lowest BCUT2D eigenvalue weighted by molar-refractivity contribution is 0.756. The molecular weight excluding hydrogens is 326 g/mol. The molecule has 0 radical (unpaired) electrons. The quantitative estimate of drug-likeness (QED) is 0.665. The minimum Gasteiger partial charge on any atom is -0.245 e. The van der Waals surface area contributed by atoms with E-state index in [0.717, 1.165) is 33.7 Å². The van der Waals surface area contributed by atoms with Crippen molar-refractivity contribution in [3.05, 3.63) is 45.4 Å². The Morgan fingerprint density at radius 2 is 2.10 bits per heavy atom. The highest BCUT2D eigenvalue weighted by Gasteiger charge is 2.10. The predicted octanol–water partition coefficient (Wildman–Crippen LogP) is 3.63. The molecule has 0 N–H and O–H groups in total. The van der Waals surface area contributed by atoms with Gasteiger partial charge in [-0.2, -0.15) is 4.68 Å². The first-order chi connectivity index (χ1) is 10.3. The Hall–Kier alpha value is -1.44. The molecule has 2 aromatic heterocycles. The molecule has 1 aromatic carbocycles. The van der Waals surface area contributed by atoms with Gasteiger partial charge in [0, 0.05) is 16.2 Å². The summed E-state index contributed by atoms with van der Waals surface area (Å²) >= 11 is 9.16. The summed E-state index contributed by atoms with van der Waals surface area (Å²) in [4.78, 5) is 4.54. The van der Waals surface area contributed by atoms with Crippen molar-refractivity contribution >= 4 is 34.7 Å². The number of aromatic nitrogens is 5. The summed E-state index contributed by atoms with van der Waals surface area (Å²) in [6, 6.07) is 7.42. The number of aryl methyl sites for hydroxylation is 1. The Morgan fingerprint density at radius 3 is 2.81 bits per heavy atom. The molecule has 0 saturated heterocycles. The van der Waals surface area contributed by atoms with Crippen LogP contribution in [0, 0.1) is 0 Å². The summed E-state index contributed by atoms with van der Waals surface area (Å²) in [6.07, 6.45) is 0.970. The van der Waals surface area contributed by atoms with Crippen molar-refractivity contribution < 1.29 is 0 Å². The second kappa shape index (κ2) is 6.55. The van der Waals surface area contributed by atoms with Crippen LogP contribution in [-0.4, -0.2) is 25.2 Å². The summed E-state index contributed by atoms with van der Waals surface area (Å²) in [5, 5.41) is 16.5. The molecule has 0 bridgehead atoms. The van der Waals surface area contributed by atoms with Crippen molar-refractivity contribution in [1.29, 1.82) is 0 Å². The van der Waals surface area contributed by atoms with Gasteiger partial charge < -0.3 is 0 Å². The molecule has 0 amide bonds. The van der Waals surface area contributed by atoms with Gasteiger partial charge in [0.2, 0.25) is 5.16 Å². The maximum atomic E-state index is 5.90. The number of hydrogen-bond donors (Lipinski definition) is 0. The Morgan fingerprint density at radius 1 is 1.29 bits per heavy atom. The Balaban J connectivity index is 1.74. The first-order valence-electron chi connectivity index (χ1n) is 6.36. The van der Waals surface area contributed by atoms with E-state index in [2.05, 4.69) is 32.8 Å². The number of rotatable bonds is 5. The molecule has 8 heteroatoms. The second-order valence-electron chi connectivity index (χ2n) is 4.22. The molecule has 0 atom stereocenters. The highest BCUT2D eigenvalue weighted by molar-refractivity contribution is 7.98. The zero-order valence-electron chi connectivity index (χ0n) is 11.2. The molecule has 2 heterocycles. The molecule has 3 rings (SSSR count). The fourth-order valence-electron chi connectivity index (χ4n) is 1.73. The smallest absolute Gasteiger partial charge is 0.214 e. The van der Waals surface area contributed by atoms with Crippen LogP contribution in [0.3, 0.4) is 0 Å². The van der Waals surface area contributed by atoms with Crippen LogP contribution in [0.5, 0.6) is 0 Å². The Labute approximate surface area is 135 Å². The van der Waals surface area contributed by atoms with Crippen LogP contribution < -0.4 is 0 Å². The summed E-state index contributed by atoms with van der Waals surface area (Å²) in [7, 11) is 0. The molecule has 0 spiro atoms. The van der Waals surface area contributed by atoms with Crippen LogP contribution in [0.25, 0.3) is 5.69 Å². The van der Waals surface area contributed by atoms with Crippen molar-refractivity contribution in [3.8, 4) is 5.69 Å². The molecule has 0 aliphatic heterocycles. The van der Waals surface area contributed by atoms with Gasteiger partial charge >= 0.3 is 0 Å². The van der Waals surface area contributed by atoms with Gasteiger partial charge in [-0.3, -0.25) is 0 Å². The highest BCUT2D eigenvalue weighted by Crippen LogP contribution is 2.24. The van der Waals surface area contributed by atoms with Gasteiger partial charge in [-0.1, -0.05) is 30.3 Å². The topological polar surface area (TPSA) is 56.5 Å². The van der Waals surface area contributed by atoms with Crippen LogP contribution in [-0.2, 0) is 12.2 Å². The molecule has 0 unspecified atom stereocenters. The number of thioether (sulfide) groups is 1. The van der Waals surface area contributed by atoms with E-state index in [1.807, 2.05) is 24.3 Å². The zero-order valence-corrected chi connectivity index (χ0v) is 13.6. The van der Waals surface area contributed by atoms with Crippen LogP contribution >= 0.6 is 34.7 Å². The van der Waals surface area contributed by atoms with Gasteiger partial charge in [-0.15, -0.1) is 16.4 Å². The molecule has 0 aliphatic carbocycles.